The quantitative estimate of drug-likeness (QED) is 0.809. The van der Waals surface area contributed by atoms with E-state index in [0.717, 1.165) is 10.9 Å². The van der Waals surface area contributed by atoms with Crippen LogP contribution in [0.5, 0.6) is 0 Å². The molecular weight excluding hydrogens is 298 g/mol. The van der Waals surface area contributed by atoms with Gasteiger partial charge < -0.3 is 0 Å². The molecule has 0 unspecified atom stereocenters. The number of hydrogen-bond donors (Lipinski definition) is 1. The molecule has 4 rings (SSSR count). The minimum atomic E-state index is 0.240. The fourth-order valence-corrected chi connectivity index (χ4v) is 5.59. The number of aryl methyl sites for hydroxylation is 1. The summed E-state index contributed by atoms with van der Waals surface area (Å²) in [6.45, 7) is 2.11. The molecule has 1 aromatic carbocycles. The van der Waals surface area contributed by atoms with Gasteiger partial charge in [0.05, 0.1) is 5.69 Å². The molecule has 110 valence electrons. The number of rotatable bonds is 1. The third kappa shape index (κ3) is 2.36. The Morgan fingerprint density at radius 3 is 2.81 bits per heavy atom. The van der Waals surface area contributed by atoms with E-state index in [9.17, 15) is 0 Å². The molecule has 0 radical (unpaired) electrons. The highest BCUT2D eigenvalue weighted by Crippen LogP contribution is 2.53. The molecule has 1 saturated heterocycles. The summed E-state index contributed by atoms with van der Waals surface area (Å²) in [4.78, 5) is 5.03. The molecule has 21 heavy (non-hydrogen) atoms. The van der Waals surface area contributed by atoms with Gasteiger partial charge in [-0.1, -0.05) is 37.5 Å². The second kappa shape index (κ2) is 5.29. The maximum absolute atomic E-state index is 4.79. The first-order valence-corrected chi connectivity index (χ1v) is 9.24. The largest absolute Gasteiger partial charge is 0.274 e. The van der Waals surface area contributed by atoms with E-state index in [1.807, 2.05) is 17.8 Å². The van der Waals surface area contributed by atoms with Gasteiger partial charge in [0.2, 0.25) is 0 Å². The van der Waals surface area contributed by atoms with E-state index >= 15 is 0 Å². The molecule has 3 nitrogen and oxygen atoms in total. The van der Waals surface area contributed by atoms with Gasteiger partial charge in [0, 0.05) is 5.41 Å². The Morgan fingerprint density at radius 2 is 2.00 bits per heavy atom. The summed E-state index contributed by atoms with van der Waals surface area (Å²) in [6, 6.07) is 8.29. The Morgan fingerprint density at radius 1 is 1.19 bits per heavy atom. The zero-order valence-electron chi connectivity index (χ0n) is 12.1. The van der Waals surface area contributed by atoms with Gasteiger partial charge in [-0.3, -0.25) is 10.4 Å². The Balaban J connectivity index is 1.59. The van der Waals surface area contributed by atoms with Crippen LogP contribution in [0.3, 0.4) is 0 Å². The average molecular weight is 317 g/mol. The van der Waals surface area contributed by atoms with Crippen LogP contribution in [0.1, 0.15) is 37.7 Å². The maximum Gasteiger partial charge on any atom is 0.187 e. The predicted molar refractivity (Wildman–Crippen MR) is 92.3 cm³/mol. The Labute approximate surface area is 134 Å². The molecule has 1 spiro atoms. The van der Waals surface area contributed by atoms with Crippen molar-refractivity contribution in [2.24, 2.45) is 4.99 Å². The van der Waals surface area contributed by atoms with Crippen LogP contribution >= 0.6 is 23.5 Å². The third-order valence-electron chi connectivity index (χ3n) is 4.39. The van der Waals surface area contributed by atoms with Crippen LogP contribution in [-0.2, 0) is 0 Å². The lowest BCUT2D eigenvalue weighted by atomic mass is 9.94. The van der Waals surface area contributed by atoms with Gasteiger partial charge in [-0.15, -0.1) is 11.8 Å². The zero-order valence-corrected chi connectivity index (χ0v) is 13.8. The van der Waals surface area contributed by atoms with Crippen LogP contribution in [0, 0.1) is 6.92 Å². The highest BCUT2D eigenvalue weighted by atomic mass is 32.2. The van der Waals surface area contributed by atoms with Crippen molar-refractivity contribution >= 4 is 34.4 Å². The van der Waals surface area contributed by atoms with Crippen LogP contribution in [0.4, 0.5) is 5.69 Å². The van der Waals surface area contributed by atoms with Crippen molar-refractivity contribution in [3.05, 3.63) is 40.3 Å². The molecule has 3 aliphatic rings. The highest BCUT2D eigenvalue weighted by Gasteiger charge is 2.47. The van der Waals surface area contributed by atoms with Gasteiger partial charge in [-0.2, -0.15) is 0 Å². The number of nitrogens with one attached hydrogen (secondary N) is 1. The summed E-state index contributed by atoms with van der Waals surface area (Å²) in [7, 11) is 0. The zero-order chi connectivity index (χ0) is 14.3. The standard InChI is InChI=1S/C16H19N3S2/c1-12-7-3-4-8-13(12)17-15-18-19-14(21-15)11-20-16(19)9-5-2-6-10-16/h3-4,7-8,11H,2,5-6,9-10H2,1H3,(H,17,18). The van der Waals surface area contributed by atoms with Gasteiger partial charge in [-0.25, -0.2) is 4.99 Å². The summed E-state index contributed by atoms with van der Waals surface area (Å²) in [5, 5.41) is 7.00. The first-order chi connectivity index (χ1) is 10.3. The summed E-state index contributed by atoms with van der Waals surface area (Å²) in [5.41, 5.74) is 5.82. The lowest BCUT2D eigenvalue weighted by Gasteiger charge is -2.40. The molecular formula is C16H19N3S2. The molecule has 5 heteroatoms. The molecule has 1 aliphatic carbocycles. The third-order valence-corrected chi connectivity index (χ3v) is 6.79. The van der Waals surface area contributed by atoms with Crippen LogP contribution in [0.15, 0.2) is 39.7 Å². The first-order valence-electron chi connectivity index (χ1n) is 7.54. The normalized spacial score (nSPS) is 25.1. The molecule has 2 aliphatic heterocycles. The molecule has 1 aromatic rings. The maximum atomic E-state index is 4.79. The lowest BCUT2D eigenvalue weighted by molar-refractivity contribution is 0.164. The topological polar surface area (TPSA) is 27.6 Å². The summed E-state index contributed by atoms with van der Waals surface area (Å²) >= 11 is 3.75. The monoisotopic (exact) mass is 317 g/mol. The Bertz CT molecular complexity index is 618. The number of thioether (sulfide) groups is 2. The molecule has 0 aromatic heterocycles. The Hall–Kier alpha value is -1.07. The van der Waals surface area contributed by atoms with Crippen molar-refractivity contribution in [1.29, 1.82) is 0 Å². The van der Waals surface area contributed by atoms with Gasteiger partial charge in [0.25, 0.3) is 0 Å². The number of aliphatic imine (C=N–C) groups is 1. The number of para-hydroxylation sites is 1. The van der Waals surface area contributed by atoms with E-state index < -0.39 is 0 Å². The number of fused-ring (bicyclic) bond motifs is 2. The number of benzene rings is 1. The molecule has 2 fully saturated rings. The summed E-state index contributed by atoms with van der Waals surface area (Å²) < 4.78 is 0. The molecule has 0 atom stereocenters. The minimum absolute atomic E-state index is 0.240. The molecule has 0 amide bonds. The summed E-state index contributed by atoms with van der Waals surface area (Å²) in [5.74, 6) is 0. The van der Waals surface area contributed by atoms with Crippen molar-refractivity contribution in [2.75, 3.05) is 0 Å². The van der Waals surface area contributed by atoms with E-state index in [4.69, 9.17) is 4.99 Å². The minimum Gasteiger partial charge on any atom is -0.274 e. The second-order valence-corrected chi connectivity index (χ2v) is 8.07. The van der Waals surface area contributed by atoms with Gasteiger partial charge in [0.15, 0.2) is 5.17 Å². The van der Waals surface area contributed by atoms with Crippen molar-refractivity contribution in [2.45, 2.75) is 43.9 Å². The first kappa shape index (κ1) is 13.6. The van der Waals surface area contributed by atoms with E-state index in [1.165, 1.54) is 42.7 Å². The van der Waals surface area contributed by atoms with Crippen LogP contribution in [0.2, 0.25) is 0 Å². The number of amidine groups is 1. The number of hydrogen-bond acceptors (Lipinski definition) is 4. The van der Waals surface area contributed by atoms with Crippen LogP contribution in [0.25, 0.3) is 0 Å². The second-order valence-electron chi connectivity index (χ2n) is 5.83. The lowest BCUT2D eigenvalue weighted by Crippen LogP contribution is -2.48. The van der Waals surface area contributed by atoms with E-state index in [-0.39, 0.29) is 4.87 Å². The molecule has 0 bridgehead atoms. The smallest absolute Gasteiger partial charge is 0.187 e. The van der Waals surface area contributed by atoms with Crippen molar-refractivity contribution in [3.63, 3.8) is 0 Å². The van der Waals surface area contributed by atoms with E-state index in [2.05, 4.69) is 41.0 Å². The highest BCUT2D eigenvalue weighted by molar-refractivity contribution is 8.18. The van der Waals surface area contributed by atoms with Gasteiger partial charge >= 0.3 is 0 Å². The molecule has 1 saturated carbocycles. The van der Waals surface area contributed by atoms with E-state index in [0.29, 0.717) is 0 Å². The van der Waals surface area contributed by atoms with Gasteiger partial charge in [-0.05, 0) is 43.2 Å². The average Bonchev–Trinajstić information content (AvgIpc) is 3.04. The fourth-order valence-electron chi connectivity index (χ4n) is 3.20. The van der Waals surface area contributed by atoms with E-state index in [1.54, 1.807) is 11.8 Å². The predicted octanol–water partition coefficient (Wildman–Crippen LogP) is 4.74. The molecule has 2 heterocycles. The fraction of sp³-hybridized carbons (Fsp3) is 0.438. The van der Waals surface area contributed by atoms with Crippen LogP contribution < -0.4 is 5.43 Å². The Kier molecular flexibility index (Phi) is 3.42. The number of nitrogens with zero attached hydrogens (tertiary/aromatic N) is 2. The summed E-state index contributed by atoms with van der Waals surface area (Å²) in [6.07, 6.45) is 6.58. The van der Waals surface area contributed by atoms with Crippen molar-refractivity contribution in [3.8, 4) is 0 Å². The molecule has 1 N–H and O–H groups in total. The number of hydrazine groups is 1. The van der Waals surface area contributed by atoms with Crippen molar-refractivity contribution < 1.29 is 0 Å². The van der Waals surface area contributed by atoms with Crippen molar-refractivity contribution in [1.82, 2.24) is 10.4 Å². The van der Waals surface area contributed by atoms with Gasteiger partial charge in [0.1, 0.15) is 9.90 Å². The SMILES string of the molecule is Cc1ccccc1N=C1NN2C(=CSC23CCCCC3)S1. The van der Waals surface area contributed by atoms with Crippen LogP contribution in [-0.4, -0.2) is 15.0 Å².